The lowest BCUT2D eigenvalue weighted by Crippen LogP contribution is -2.31. The van der Waals surface area contributed by atoms with Crippen molar-refractivity contribution in [1.29, 1.82) is 0 Å². The van der Waals surface area contributed by atoms with Crippen LogP contribution < -0.4 is 0 Å². The number of aliphatic imine (C=N–C) groups is 1. The molecule has 6 fully saturated rings. The molecular weight excluding hydrogens is 334 g/mol. The van der Waals surface area contributed by atoms with E-state index < -0.39 is 0 Å². The second-order valence-electron chi connectivity index (χ2n) is 11.1. The Labute approximate surface area is 164 Å². The molecule has 142 valence electrons. The number of hydrogen-bond donors (Lipinski definition) is 0. The van der Waals surface area contributed by atoms with E-state index in [0.717, 1.165) is 47.3 Å². The van der Waals surface area contributed by atoms with Gasteiger partial charge in [0.15, 0.2) is 0 Å². The average molecular weight is 370 g/mol. The van der Waals surface area contributed by atoms with Crippen molar-refractivity contribution in [2.75, 3.05) is 0 Å². The van der Waals surface area contributed by atoms with Crippen LogP contribution in [0.15, 0.2) is 4.99 Å². The standard InChI is InChI=1S/C24H35NS/c26-24(21-11-15-2-5-18(21)8-15)23(13-20-10-14-1-4-17(20)7-14)25-22-12-16-3-6-19(22)9-16/h14-22H,1-13H2. The van der Waals surface area contributed by atoms with Gasteiger partial charge in [0, 0.05) is 10.6 Å². The van der Waals surface area contributed by atoms with Crippen molar-refractivity contribution >= 4 is 22.8 Å². The zero-order chi connectivity index (χ0) is 17.3. The minimum Gasteiger partial charge on any atom is -0.285 e. The van der Waals surface area contributed by atoms with Gasteiger partial charge >= 0.3 is 0 Å². The number of fused-ring (bicyclic) bond motifs is 6. The Morgan fingerprint density at radius 3 is 1.88 bits per heavy atom. The molecule has 2 heteroatoms. The van der Waals surface area contributed by atoms with E-state index in [1.54, 1.807) is 0 Å². The predicted molar refractivity (Wildman–Crippen MR) is 112 cm³/mol. The first-order chi connectivity index (χ1) is 12.7. The summed E-state index contributed by atoms with van der Waals surface area (Å²) in [6.07, 6.45) is 18.8. The molecule has 6 aliphatic rings. The molecule has 0 amide bonds. The fourth-order valence-electron chi connectivity index (χ4n) is 8.44. The zero-order valence-electron chi connectivity index (χ0n) is 16.2. The van der Waals surface area contributed by atoms with Gasteiger partial charge < -0.3 is 0 Å². The molecule has 6 aliphatic carbocycles. The first-order valence-electron chi connectivity index (χ1n) is 11.8. The molecule has 0 heterocycles. The van der Waals surface area contributed by atoms with Crippen LogP contribution in [0.4, 0.5) is 0 Å². The van der Waals surface area contributed by atoms with Gasteiger partial charge in [-0.1, -0.05) is 31.5 Å². The SMILES string of the molecule is S=C(C(CC1CC2CCC1C2)=NC1CC2CCC1C2)C1CC2CCC1C2. The smallest absolute Gasteiger partial charge is 0.0534 e. The summed E-state index contributed by atoms with van der Waals surface area (Å²) in [7, 11) is 0. The summed E-state index contributed by atoms with van der Waals surface area (Å²) in [6, 6.07) is 0.638. The summed E-state index contributed by atoms with van der Waals surface area (Å²) in [5.41, 5.74) is 1.45. The second kappa shape index (κ2) is 6.39. The van der Waals surface area contributed by atoms with Crippen LogP contribution in [0.1, 0.15) is 83.5 Å². The molecule has 26 heavy (non-hydrogen) atoms. The zero-order valence-corrected chi connectivity index (χ0v) is 17.1. The number of hydrogen-bond acceptors (Lipinski definition) is 2. The maximum absolute atomic E-state index is 6.21. The summed E-state index contributed by atoms with van der Waals surface area (Å²) in [6.45, 7) is 0. The molecule has 6 saturated carbocycles. The molecule has 0 aromatic heterocycles. The number of thiocarbonyl (C=S) groups is 1. The van der Waals surface area contributed by atoms with Crippen LogP contribution in [-0.4, -0.2) is 16.6 Å². The molecule has 1 nitrogen and oxygen atoms in total. The van der Waals surface area contributed by atoms with Gasteiger partial charge in [-0.25, -0.2) is 0 Å². The van der Waals surface area contributed by atoms with Gasteiger partial charge in [0.05, 0.1) is 6.04 Å². The minimum absolute atomic E-state index is 0.638. The lowest BCUT2D eigenvalue weighted by molar-refractivity contribution is 0.341. The quantitative estimate of drug-likeness (QED) is 0.412. The molecule has 0 aromatic carbocycles. The molecule has 0 N–H and O–H groups in total. The number of nitrogens with zero attached hydrogens (tertiary/aromatic N) is 1. The van der Waals surface area contributed by atoms with Crippen LogP contribution in [0, 0.1) is 47.3 Å². The van der Waals surface area contributed by atoms with Crippen molar-refractivity contribution in [2.24, 2.45) is 52.3 Å². The minimum atomic E-state index is 0.638. The van der Waals surface area contributed by atoms with Crippen molar-refractivity contribution in [1.82, 2.24) is 0 Å². The Morgan fingerprint density at radius 2 is 1.35 bits per heavy atom. The van der Waals surface area contributed by atoms with E-state index in [2.05, 4.69) is 0 Å². The second-order valence-corrected chi connectivity index (χ2v) is 11.5. The first kappa shape index (κ1) is 16.7. The Kier molecular flexibility index (Phi) is 4.10. The van der Waals surface area contributed by atoms with Gasteiger partial charge in [0.2, 0.25) is 0 Å². The summed E-state index contributed by atoms with van der Waals surface area (Å²) in [5, 5.41) is 0. The van der Waals surface area contributed by atoms with Crippen LogP contribution in [0.5, 0.6) is 0 Å². The maximum Gasteiger partial charge on any atom is 0.0534 e. The molecule has 0 aromatic rings. The largest absolute Gasteiger partial charge is 0.285 e. The van der Waals surface area contributed by atoms with Crippen molar-refractivity contribution < 1.29 is 0 Å². The third kappa shape index (κ3) is 2.76. The first-order valence-corrected chi connectivity index (χ1v) is 12.2. The Morgan fingerprint density at radius 1 is 0.692 bits per heavy atom. The Hall–Kier alpha value is -0.240. The van der Waals surface area contributed by atoms with E-state index in [4.69, 9.17) is 17.2 Å². The van der Waals surface area contributed by atoms with Gasteiger partial charge in [-0.15, -0.1) is 0 Å². The molecule has 0 radical (unpaired) electrons. The summed E-state index contributed by atoms with van der Waals surface area (Å²) < 4.78 is 0. The third-order valence-corrected chi connectivity index (χ3v) is 10.3. The molecule has 9 unspecified atom stereocenters. The topological polar surface area (TPSA) is 12.4 Å². The van der Waals surface area contributed by atoms with Gasteiger partial charge in [0.1, 0.15) is 0 Å². The van der Waals surface area contributed by atoms with Crippen LogP contribution >= 0.6 is 12.2 Å². The van der Waals surface area contributed by atoms with Gasteiger partial charge in [0.25, 0.3) is 0 Å². The van der Waals surface area contributed by atoms with E-state index in [1.165, 1.54) is 94.0 Å². The van der Waals surface area contributed by atoms with Gasteiger partial charge in [-0.05, 0) is 112 Å². The van der Waals surface area contributed by atoms with Gasteiger partial charge in [-0.3, -0.25) is 4.99 Å². The molecule has 0 saturated heterocycles. The normalized spacial score (nSPS) is 51.7. The van der Waals surface area contributed by atoms with Crippen LogP contribution in [0.2, 0.25) is 0 Å². The summed E-state index contributed by atoms with van der Waals surface area (Å²) in [5.74, 6) is 7.50. The lowest BCUT2D eigenvalue weighted by atomic mass is 9.80. The van der Waals surface area contributed by atoms with Crippen LogP contribution in [0.25, 0.3) is 0 Å². The molecule has 9 atom stereocenters. The number of rotatable bonds is 5. The Bertz CT molecular complexity index is 624. The van der Waals surface area contributed by atoms with Crippen molar-refractivity contribution in [3.63, 3.8) is 0 Å². The van der Waals surface area contributed by atoms with E-state index in [9.17, 15) is 0 Å². The monoisotopic (exact) mass is 369 g/mol. The summed E-state index contributed by atoms with van der Waals surface area (Å²) in [4.78, 5) is 6.86. The molecule has 6 rings (SSSR count). The predicted octanol–water partition coefficient (Wildman–Crippen LogP) is 6.25. The highest BCUT2D eigenvalue weighted by atomic mass is 32.1. The highest BCUT2D eigenvalue weighted by molar-refractivity contribution is 7.82. The fourth-order valence-corrected chi connectivity index (χ4v) is 8.87. The van der Waals surface area contributed by atoms with E-state index >= 15 is 0 Å². The molecule has 0 spiro atoms. The van der Waals surface area contributed by atoms with E-state index in [-0.39, 0.29) is 0 Å². The molecule has 6 bridgehead atoms. The van der Waals surface area contributed by atoms with Gasteiger partial charge in [-0.2, -0.15) is 0 Å². The Balaban J connectivity index is 1.24. The van der Waals surface area contributed by atoms with Crippen molar-refractivity contribution in [3.05, 3.63) is 0 Å². The molecule has 0 aliphatic heterocycles. The van der Waals surface area contributed by atoms with E-state index in [0.29, 0.717) is 6.04 Å². The van der Waals surface area contributed by atoms with E-state index in [1.807, 2.05) is 0 Å². The van der Waals surface area contributed by atoms with Crippen molar-refractivity contribution in [3.8, 4) is 0 Å². The van der Waals surface area contributed by atoms with Crippen LogP contribution in [0.3, 0.4) is 0 Å². The third-order valence-electron chi connectivity index (χ3n) is 9.72. The van der Waals surface area contributed by atoms with Crippen molar-refractivity contribution in [2.45, 2.75) is 89.5 Å². The fraction of sp³-hybridized carbons (Fsp3) is 0.917. The highest BCUT2D eigenvalue weighted by Gasteiger charge is 2.45. The highest BCUT2D eigenvalue weighted by Crippen LogP contribution is 2.52. The summed E-state index contributed by atoms with van der Waals surface area (Å²) >= 11 is 6.21. The molecular formula is C24H35NS. The van der Waals surface area contributed by atoms with Crippen LogP contribution in [-0.2, 0) is 0 Å². The lowest BCUT2D eigenvalue weighted by Gasteiger charge is -2.29. The average Bonchev–Trinajstić information content (AvgIpc) is 3.48. The maximum atomic E-state index is 6.21.